The Morgan fingerprint density at radius 3 is 2.50 bits per heavy atom. The highest BCUT2D eigenvalue weighted by Gasteiger charge is 2.17. The van der Waals surface area contributed by atoms with Crippen LogP contribution in [0.3, 0.4) is 0 Å². The number of carbonyl (C=O) groups is 2. The molecule has 0 radical (unpaired) electrons. The summed E-state index contributed by atoms with van der Waals surface area (Å²) in [5, 5.41) is 19.6. The van der Waals surface area contributed by atoms with Crippen LogP contribution in [0.15, 0.2) is 30.3 Å². The SMILES string of the molecule is O=C(C#Cc1ccccc1)N[C@@H](CCO)C(=O)O. The minimum atomic E-state index is -1.20. The van der Waals surface area contributed by atoms with Gasteiger partial charge in [-0.1, -0.05) is 24.1 Å². The number of benzene rings is 1. The van der Waals surface area contributed by atoms with E-state index in [1.54, 1.807) is 24.3 Å². The quantitative estimate of drug-likeness (QED) is 0.653. The molecule has 94 valence electrons. The van der Waals surface area contributed by atoms with Crippen LogP contribution < -0.4 is 5.32 Å². The first-order chi connectivity index (χ1) is 8.63. The number of hydrogen-bond acceptors (Lipinski definition) is 3. The summed E-state index contributed by atoms with van der Waals surface area (Å²) in [4.78, 5) is 22.1. The van der Waals surface area contributed by atoms with Gasteiger partial charge in [-0.05, 0) is 12.1 Å². The van der Waals surface area contributed by atoms with Gasteiger partial charge < -0.3 is 15.5 Å². The van der Waals surface area contributed by atoms with Crippen molar-refractivity contribution >= 4 is 11.9 Å². The summed E-state index contributed by atoms with van der Waals surface area (Å²) in [7, 11) is 0. The zero-order valence-corrected chi connectivity index (χ0v) is 9.59. The van der Waals surface area contributed by atoms with Crippen LogP contribution in [0.5, 0.6) is 0 Å². The van der Waals surface area contributed by atoms with Crippen molar-refractivity contribution in [3.63, 3.8) is 0 Å². The first kappa shape index (κ1) is 13.7. The Bertz CT molecular complexity index is 473. The minimum Gasteiger partial charge on any atom is -0.480 e. The number of carboxylic acids is 1. The van der Waals surface area contributed by atoms with Gasteiger partial charge in [0.25, 0.3) is 5.91 Å². The van der Waals surface area contributed by atoms with Gasteiger partial charge in [0.1, 0.15) is 6.04 Å². The summed E-state index contributed by atoms with van der Waals surface area (Å²) in [5.41, 5.74) is 0.668. The molecule has 0 aliphatic heterocycles. The third kappa shape index (κ3) is 4.68. The van der Waals surface area contributed by atoms with E-state index in [9.17, 15) is 9.59 Å². The molecule has 1 amide bonds. The first-order valence-electron chi connectivity index (χ1n) is 5.34. The highest BCUT2D eigenvalue weighted by Crippen LogP contribution is 1.95. The molecule has 0 aliphatic rings. The van der Waals surface area contributed by atoms with Crippen LogP contribution in [0.4, 0.5) is 0 Å². The Labute approximate surface area is 104 Å². The molecule has 0 aromatic heterocycles. The van der Waals surface area contributed by atoms with Crippen LogP contribution >= 0.6 is 0 Å². The number of aliphatic carboxylic acids is 1. The van der Waals surface area contributed by atoms with Crippen molar-refractivity contribution in [1.29, 1.82) is 0 Å². The van der Waals surface area contributed by atoms with Crippen molar-refractivity contribution in [1.82, 2.24) is 5.32 Å². The van der Waals surface area contributed by atoms with Crippen LogP contribution in [0, 0.1) is 11.8 Å². The molecule has 0 unspecified atom stereocenters. The molecule has 18 heavy (non-hydrogen) atoms. The highest BCUT2D eigenvalue weighted by molar-refractivity contribution is 5.96. The van der Waals surface area contributed by atoms with Crippen molar-refractivity contribution in [2.24, 2.45) is 0 Å². The average Bonchev–Trinajstić information content (AvgIpc) is 2.37. The molecule has 0 saturated carbocycles. The summed E-state index contributed by atoms with van der Waals surface area (Å²) in [6, 6.07) is 7.76. The van der Waals surface area contributed by atoms with Gasteiger partial charge in [0.15, 0.2) is 0 Å². The van der Waals surface area contributed by atoms with Gasteiger partial charge >= 0.3 is 5.97 Å². The van der Waals surface area contributed by atoms with Crippen molar-refractivity contribution in [2.75, 3.05) is 6.61 Å². The van der Waals surface area contributed by atoms with Crippen molar-refractivity contribution in [2.45, 2.75) is 12.5 Å². The molecule has 0 spiro atoms. The number of carbonyl (C=O) groups excluding carboxylic acids is 1. The lowest BCUT2D eigenvalue weighted by Crippen LogP contribution is -2.40. The fraction of sp³-hybridized carbons (Fsp3) is 0.231. The predicted octanol–water partition coefficient (Wildman–Crippen LogP) is -0.0101. The Balaban J connectivity index is 2.61. The predicted molar refractivity (Wildman–Crippen MR) is 64.6 cm³/mol. The standard InChI is InChI=1S/C13H13NO4/c15-9-8-11(13(17)18)14-12(16)7-6-10-4-2-1-3-5-10/h1-5,11,15H,8-9H2,(H,14,16)(H,17,18)/t11-/m0/s1. The molecule has 0 bridgehead atoms. The first-order valence-corrected chi connectivity index (χ1v) is 5.34. The van der Waals surface area contributed by atoms with Crippen LogP contribution in [-0.4, -0.2) is 34.7 Å². The minimum absolute atomic E-state index is 0.0475. The van der Waals surface area contributed by atoms with Crippen LogP contribution in [0.25, 0.3) is 0 Å². The normalized spacial score (nSPS) is 10.9. The second-order valence-electron chi connectivity index (χ2n) is 3.49. The second kappa shape index (κ2) is 7.09. The second-order valence-corrected chi connectivity index (χ2v) is 3.49. The molecule has 0 fully saturated rings. The van der Waals surface area contributed by atoms with E-state index >= 15 is 0 Å². The Hall–Kier alpha value is -2.32. The van der Waals surface area contributed by atoms with E-state index in [0.29, 0.717) is 5.56 Å². The van der Waals surface area contributed by atoms with E-state index in [2.05, 4.69) is 17.2 Å². The van der Waals surface area contributed by atoms with Gasteiger partial charge in [0.05, 0.1) is 0 Å². The van der Waals surface area contributed by atoms with Gasteiger partial charge in [0.2, 0.25) is 0 Å². The molecule has 1 aromatic rings. The van der Waals surface area contributed by atoms with E-state index in [0.717, 1.165) is 0 Å². The fourth-order valence-corrected chi connectivity index (χ4v) is 1.23. The van der Waals surface area contributed by atoms with Crippen molar-refractivity contribution in [3.8, 4) is 11.8 Å². The lowest BCUT2D eigenvalue weighted by atomic mass is 10.2. The van der Waals surface area contributed by atoms with E-state index in [1.165, 1.54) is 0 Å². The smallest absolute Gasteiger partial charge is 0.326 e. The van der Waals surface area contributed by atoms with Gasteiger partial charge in [-0.3, -0.25) is 4.79 Å². The largest absolute Gasteiger partial charge is 0.480 e. The molecule has 3 N–H and O–H groups in total. The molecule has 0 saturated heterocycles. The van der Waals surface area contributed by atoms with E-state index in [1.807, 2.05) is 6.07 Å². The molecule has 5 heteroatoms. The molecule has 0 heterocycles. The number of aliphatic hydroxyl groups is 1. The molecule has 0 aliphatic carbocycles. The number of carboxylic acid groups (broad SMARTS) is 1. The molecular weight excluding hydrogens is 234 g/mol. The molecule has 1 rings (SSSR count). The Kier molecular flexibility index (Phi) is 5.42. The Morgan fingerprint density at radius 2 is 1.94 bits per heavy atom. The summed E-state index contributed by atoms with van der Waals surface area (Å²) >= 11 is 0. The molecular formula is C13H13NO4. The van der Waals surface area contributed by atoms with Gasteiger partial charge in [0, 0.05) is 24.5 Å². The van der Waals surface area contributed by atoms with Crippen LogP contribution in [0.1, 0.15) is 12.0 Å². The maximum absolute atomic E-state index is 11.4. The monoisotopic (exact) mass is 247 g/mol. The third-order valence-electron chi connectivity index (χ3n) is 2.12. The molecule has 1 atom stereocenters. The maximum atomic E-state index is 11.4. The molecule has 5 nitrogen and oxygen atoms in total. The summed E-state index contributed by atoms with van der Waals surface area (Å²) in [5.74, 6) is 3.03. The zero-order chi connectivity index (χ0) is 13.4. The van der Waals surface area contributed by atoms with E-state index < -0.39 is 17.9 Å². The fourth-order valence-electron chi connectivity index (χ4n) is 1.23. The van der Waals surface area contributed by atoms with Crippen LogP contribution in [-0.2, 0) is 9.59 Å². The van der Waals surface area contributed by atoms with Crippen molar-refractivity contribution in [3.05, 3.63) is 35.9 Å². The lowest BCUT2D eigenvalue weighted by molar-refractivity contribution is -0.141. The van der Waals surface area contributed by atoms with Crippen molar-refractivity contribution < 1.29 is 19.8 Å². The lowest BCUT2D eigenvalue weighted by Gasteiger charge is -2.10. The van der Waals surface area contributed by atoms with Crippen LogP contribution in [0.2, 0.25) is 0 Å². The number of nitrogens with one attached hydrogen (secondary N) is 1. The van der Waals surface area contributed by atoms with Gasteiger partial charge in [-0.15, -0.1) is 0 Å². The Morgan fingerprint density at radius 1 is 1.28 bits per heavy atom. The van der Waals surface area contributed by atoms with Gasteiger partial charge in [-0.25, -0.2) is 4.79 Å². The topological polar surface area (TPSA) is 86.6 Å². The van der Waals surface area contributed by atoms with Gasteiger partial charge in [-0.2, -0.15) is 0 Å². The summed E-state index contributed by atoms with van der Waals surface area (Å²) in [6.45, 7) is -0.316. The highest BCUT2D eigenvalue weighted by atomic mass is 16.4. The zero-order valence-electron chi connectivity index (χ0n) is 9.59. The summed E-state index contributed by atoms with van der Waals surface area (Å²) < 4.78 is 0. The number of hydrogen-bond donors (Lipinski definition) is 3. The third-order valence-corrected chi connectivity index (χ3v) is 2.12. The molecule has 1 aromatic carbocycles. The number of aliphatic hydroxyl groups excluding tert-OH is 1. The maximum Gasteiger partial charge on any atom is 0.326 e. The van der Waals surface area contributed by atoms with E-state index in [-0.39, 0.29) is 13.0 Å². The average molecular weight is 247 g/mol. The summed E-state index contributed by atoms with van der Waals surface area (Å²) in [6.07, 6.45) is -0.0475. The van der Waals surface area contributed by atoms with E-state index in [4.69, 9.17) is 10.2 Å². The number of amides is 1. The number of rotatable bonds is 4.